The Balaban J connectivity index is 1.90. The smallest absolute Gasteiger partial charge is 0.338 e. The first-order valence-corrected chi connectivity index (χ1v) is 12.6. The Hall–Kier alpha value is -2.08. The molecule has 1 aromatic rings. The van der Waals surface area contributed by atoms with E-state index in [4.69, 9.17) is 33.2 Å². The standard InChI is InChI=1S/C27H40O10/c1-14-18(28)21(31-7)19(15(2)33-14)36-25-23(37-26(30)27(4,5)6)22(32-8)20(16(3)34-25)35-24(29)17-12-10-9-11-13-17/h9-16,18-23,25,28H,1-8H3. The second-order valence-corrected chi connectivity index (χ2v) is 10.6. The van der Waals surface area contributed by atoms with Crippen LogP contribution in [0.1, 0.15) is 51.9 Å². The van der Waals surface area contributed by atoms with Gasteiger partial charge in [-0.2, -0.15) is 0 Å². The molecule has 10 heteroatoms. The topological polar surface area (TPSA) is 119 Å². The van der Waals surface area contributed by atoms with Gasteiger partial charge in [0, 0.05) is 14.2 Å². The molecule has 2 saturated heterocycles. The van der Waals surface area contributed by atoms with Gasteiger partial charge >= 0.3 is 11.9 Å². The minimum atomic E-state index is -1.12. The molecule has 0 amide bonds. The van der Waals surface area contributed by atoms with Crippen molar-refractivity contribution in [1.82, 2.24) is 0 Å². The average Bonchev–Trinajstić information content (AvgIpc) is 2.85. The van der Waals surface area contributed by atoms with Gasteiger partial charge in [0.15, 0.2) is 18.5 Å². The van der Waals surface area contributed by atoms with Gasteiger partial charge in [-0.25, -0.2) is 4.79 Å². The first-order chi connectivity index (χ1) is 17.4. The van der Waals surface area contributed by atoms with Crippen molar-refractivity contribution in [3.8, 4) is 0 Å². The summed E-state index contributed by atoms with van der Waals surface area (Å²) in [5.41, 5.74) is -0.463. The van der Waals surface area contributed by atoms with Crippen LogP contribution in [0.4, 0.5) is 0 Å². The minimum Gasteiger partial charge on any atom is -0.454 e. The van der Waals surface area contributed by atoms with Crippen molar-refractivity contribution in [2.24, 2.45) is 5.41 Å². The van der Waals surface area contributed by atoms with E-state index in [-0.39, 0.29) is 0 Å². The van der Waals surface area contributed by atoms with Crippen molar-refractivity contribution in [2.75, 3.05) is 14.2 Å². The molecule has 10 nitrogen and oxygen atoms in total. The maximum absolute atomic E-state index is 13.0. The maximum Gasteiger partial charge on any atom is 0.338 e. The Morgan fingerprint density at radius 1 is 0.784 bits per heavy atom. The normalized spacial score (nSPS) is 36.6. The highest BCUT2D eigenvalue weighted by Crippen LogP contribution is 2.34. The van der Waals surface area contributed by atoms with E-state index in [9.17, 15) is 14.7 Å². The number of hydrogen-bond acceptors (Lipinski definition) is 10. The fourth-order valence-corrected chi connectivity index (χ4v) is 4.55. The van der Waals surface area contributed by atoms with Crippen LogP contribution in [-0.2, 0) is 38.0 Å². The van der Waals surface area contributed by atoms with Crippen LogP contribution in [0, 0.1) is 5.41 Å². The number of rotatable bonds is 7. The van der Waals surface area contributed by atoms with E-state index in [2.05, 4.69) is 0 Å². The summed E-state index contributed by atoms with van der Waals surface area (Å²) in [4.78, 5) is 25.8. The van der Waals surface area contributed by atoms with Crippen LogP contribution in [0.5, 0.6) is 0 Å². The Morgan fingerprint density at radius 2 is 1.38 bits per heavy atom. The van der Waals surface area contributed by atoms with Crippen molar-refractivity contribution in [2.45, 2.75) is 103 Å². The third kappa shape index (κ3) is 6.68. The fraction of sp³-hybridized carbons (Fsp3) is 0.704. The van der Waals surface area contributed by atoms with Gasteiger partial charge in [0.25, 0.3) is 0 Å². The Kier molecular flexibility index (Phi) is 9.71. The Bertz CT molecular complexity index is 900. The average molecular weight is 525 g/mol. The number of esters is 2. The summed E-state index contributed by atoms with van der Waals surface area (Å²) in [6, 6.07) is 8.55. The molecule has 1 N–H and O–H groups in total. The lowest BCUT2D eigenvalue weighted by Crippen LogP contribution is -2.64. The summed E-state index contributed by atoms with van der Waals surface area (Å²) in [6.07, 6.45) is -8.04. The first kappa shape index (κ1) is 29.5. The lowest BCUT2D eigenvalue weighted by atomic mass is 9.94. The molecular weight excluding hydrogens is 484 g/mol. The highest BCUT2D eigenvalue weighted by molar-refractivity contribution is 5.89. The van der Waals surface area contributed by atoms with Gasteiger partial charge < -0.3 is 38.3 Å². The van der Waals surface area contributed by atoms with E-state index < -0.39 is 78.6 Å². The van der Waals surface area contributed by atoms with Crippen LogP contribution in [-0.4, -0.2) is 92.5 Å². The second kappa shape index (κ2) is 12.2. The van der Waals surface area contributed by atoms with E-state index in [1.165, 1.54) is 14.2 Å². The van der Waals surface area contributed by atoms with E-state index in [1.54, 1.807) is 71.9 Å². The third-order valence-electron chi connectivity index (χ3n) is 6.70. The van der Waals surface area contributed by atoms with Gasteiger partial charge in [-0.05, 0) is 53.7 Å². The van der Waals surface area contributed by atoms with Crippen molar-refractivity contribution in [1.29, 1.82) is 0 Å². The molecule has 2 aliphatic rings. The van der Waals surface area contributed by atoms with Gasteiger partial charge in [-0.1, -0.05) is 18.2 Å². The predicted octanol–water partition coefficient (Wildman–Crippen LogP) is 2.50. The molecule has 2 fully saturated rings. The maximum atomic E-state index is 13.0. The van der Waals surface area contributed by atoms with Gasteiger partial charge in [0.2, 0.25) is 0 Å². The highest BCUT2D eigenvalue weighted by atomic mass is 16.7. The Morgan fingerprint density at radius 3 is 1.95 bits per heavy atom. The molecule has 0 spiro atoms. The molecule has 10 atom stereocenters. The molecule has 37 heavy (non-hydrogen) atoms. The minimum absolute atomic E-state index is 0.366. The summed E-state index contributed by atoms with van der Waals surface area (Å²) in [5, 5.41) is 10.6. The molecule has 0 aromatic heterocycles. The van der Waals surface area contributed by atoms with E-state index >= 15 is 0 Å². The monoisotopic (exact) mass is 524 g/mol. The lowest BCUT2D eigenvalue weighted by molar-refractivity contribution is -0.338. The van der Waals surface area contributed by atoms with Crippen molar-refractivity contribution >= 4 is 11.9 Å². The molecule has 0 saturated carbocycles. The molecule has 0 radical (unpaired) electrons. The van der Waals surface area contributed by atoms with E-state index in [1.807, 2.05) is 0 Å². The van der Waals surface area contributed by atoms with Crippen molar-refractivity contribution < 1.29 is 47.9 Å². The van der Waals surface area contributed by atoms with Crippen molar-refractivity contribution in [3.05, 3.63) is 35.9 Å². The number of benzene rings is 1. The zero-order valence-corrected chi connectivity index (χ0v) is 22.8. The summed E-state index contributed by atoms with van der Waals surface area (Å²) < 4.78 is 41.3. The number of carbonyl (C=O) groups excluding carboxylic acids is 2. The molecule has 3 rings (SSSR count). The van der Waals surface area contributed by atoms with Crippen molar-refractivity contribution in [3.63, 3.8) is 0 Å². The quantitative estimate of drug-likeness (QED) is 0.533. The van der Waals surface area contributed by atoms with Gasteiger partial charge in [0.05, 0.1) is 29.3 Å². The second-order valence-electron chi connectivity index (χ2n) is 10.6. The number of hydrogen-bond donors (Lipinski definition) is 1. The summed E-state index contributed by atoms with van der Waals surface area (Å²) >= 11 is 0. The van der Waals surface area contributed by atoms with Crippen LogP contribution < -0.4 is 0 Å². The highest BCUT2D eigenvalue weighted by Gasteiger charge is 2.53. The summed E-state index contributed by atoms with van der Waals surface area (Å²) in [5.74, 6) is -1.07. The van der Waals surface area contributed by atoms with Crippen LogP contribution in [0.25, 0.3) is 0 Å². The largest absolute Gasteiger partial charge is 0.454 e. The Labute approximate surface area is 218 Å². The van der Waals surface area contributed by atoms with E-state index in [0.717, 1.165) is 0 Å². The molecule has 2 heterocycles. The number of aliphatic hydroxyl groups excluding tert-OH is 1. The zero-order chi connectivity index (χ0) is 27.5. The van der Waals surface area contributed by atoms with Crippen LogP contribution in [0.3, 0.4) is 0 Å². The van der Waals surface area contributed by atoms with Gasteiger partial charge in [-0.15, -0.1) is 0 Å². The first-order valence-electron chi connectivity index (χ1n) is 12.6. The number of methoxy groups -OCH3 is 2. The molecule has 208 valence electrons. The fourth-order valence-electron chi connectivity index (χ4n) is 4.55. The molecule has 0 bridgehead atoms. The molecule has 10 unspecified atom stereocenters. The van der Waals surface area contributed by atoms with Crippen LogP contribution in [0.2, 0.25) is 0 Å². The van der Waals surface area contributed by atoms with Crippen LogP contribution >= 0.6 is 0 Å². The molecular formula is C27H40O10. The number of aliphatic hydroxyl groups is 1. The third-order valence-corrected chi connectivity index (χ3v) is 6.70. The number of carbonyl (C=O) groups is 2. The van der Waals surface area contributed by atoms with Gasteiger partial charge in [0.1, 0.15) is 24.4 Å². The summed E-state index contributed by atoms with van der Waals surface area (Å²) in [6.45, 7) is 10.5. The molecule has 1 aromatic carbocycles. The van der Waals surface area contributed by atoms with Crippen LogP contribution in [0.15, 0.2) is 30.3 Å². The number of ether oxygens (including phenoxy) is 7. The SMILES string of the molecule is COC1C(O)C(C)OC(C)C1OC1OC(C)C(OC(=O)c2ccccc2)C(OC)C1OC(=O)C(C)(C)C. The predicted molar refractivity (Wildman–Crippen MR) is 132 cm³/mol. The molecule has 0 aliphatic carbocycles. The lowest BCUT2D eigenvalue weighted by Gasteiger charge is -2.48. The van der Waals surface area contributed by atoms with E-state index in [0.29, 0.717) is 5.56 Å². The zero-order valence-electron chi connectivity index (χ0n) is 22.8. The summed E-state index contributed by atoms with van der Waals surface area (Å²) in [7, 11) is 2.92. The molecule has 2 aliphatic heterocycles. The van der Waals surface area contributed by atoms with Gasteiger partial charge in [-0.3, -0.25) is 4.79 Å².